The Morgan fingerprint density at radius 1 is 1.28 bits per heavy atom. The standard InChI is InChI=1S/C20H26N2O3/c1-3-4-15-6-10-17(11-7-15)25-13-19-18(21-24)12-9-16-8-5-14(2)20(23)22(16)19/h5,8,15,17,19,24H,6-7,9-13H2,1-2H3. The van der Waals surface area contributed by atoms with E-state index in [1.54, 1.807) is 4.57 Å². The summed E-state index contributed by atoms with van der Waals surface area (Å²) in [5.41, 5.74) is 2.30. The minimum absolute atomic E-state index is 0.0196. The number of fused-ring (bicyclic) bond motifs is 1. The van der Waals surface area contributed by atoms with E-state index < -0.39 is 0 Å². The third-order valence-electron chi connectivity index (χ3n) is 5.37. The number of rotatable bonds is 3. The van der Waals surface area contributed by atoms with Crippen molar-refractivity contribution in [2.24, 2.45) is 11.1 Å². The molecule has 0 bridgehead atoms. The molecule has 0 radical (unpaired) electrons. The Kier molecular flexibility index (Phi) is 5.60. The van der Waals surface area contributed by atoms with Gasteiger partial charge in [-0.3, -0.25) is 4.79 Å². The van der Waals surface area contributed by atoms with Crippen molar-refractivity contribution in [3.05, 3.63) is 33.7 Å². The van der Waals surface area contributed by atoms with Gasteiger partial charge in [0.05, 0.1) is 18.4 Å². The molecule has 0 spiro atoms. The Morgan fingerprint density at radius 2 is 2.04 bits per heavy atom. The predicted octanol–water partition coefficient (Wildman–Crippen LogP) is 3.07. The van der Waals surface area contributed by atoms with Crippen LogP contribution in [-0.4, -0.2) is 28.2 Å². The van der Waals surface area contributed by atoms with Gasteiger partial charge in [0.25, 0.3) is 5.56 Å². The molecule has 2 heterocycles. The molecule has 1 aliphatic heterocycles. The van der Waals surface area contributed by atoms with Crippen molar-refractivity contribution in [3.63, 3.8) is 0 Å². The third-order valence-corrected chi connectivity index (χ3v) is 5.37. The summed E-state index contributed by atoms with van der Waals surface area (Å²) in [5, 5.41) is 12.8. The molecule has 2 aliphatic rings. The van der Waals surface area contributed by atoms with E-state index in [4.69, 9.17) is 4.74 Å². The number of ether oxygens (including phenoxy) is 1. The lowest BCUT2D eigenvalue weighted by Gasteiger charge is -2.32. The quantitative estimate of drug-likeness (QED) is 0.522. The summed E-state index contributed by atoms with van der Waals surface area (Å²) >= 11 is 0. The SMILES string of the molecule is CC#CC1CCC(OCC2C(=NO)CCc3ccc(C)c(=O)n32)CC1. The normalized spacial score (nSPS) is 27.4. The average molecular weight is 342 g/mol. The monoisotopic (exact) mass is 342 g/mol. The maximum Gasteiger partial charge on any atom is 0.254 e. The average Bonchev–Trinajstić information content (AvgIpc) is 2.64. The van der Waals surface area contributed by atoms with Crippen LogP contribution in [0.4, 0.5) is 0 Å². The molecule has 1 aromatic heterocycles. The van der Waals surface area contributed by atoms with Gasteiger partial charge in [-0.15, -0.1) is 11.8 Å². The second-order valence-electron chi connectivity index (χ2n) is 6.99. The zero-order chi connectivity index (χ0) is 17.8. The number of aromatic nitrogens is 1. The molecular weight excluding hydrogens is 316 g/mol. The van der Waals surface area contributed by atoms with Gasteiger partial charge in [-0.25, -0.2) is 0 Å². The molecule has 1 saturated carbocycles. The van der Waals surface area contributed by atoms with E-state index in [2.05, 4.69) is 17.0 Å². The van der Waals surface area contributed by atoms with Gasteiger partial charge in [0.1, 0.15) is 6.04 Å². The highest BCUT2D eigenvalue weighted by Gasteiger charge is 2.29. The highest BCUT2D eigenvalue weighted by Crippen LogP contribution is 2.28. The van der Waals surface area contributed by atoms with Crippen LogP contribution in [0.2, 0.25) is 0 Å². The van der Waals surface area contributed by atoms with Crippen LogP contribution in [0.25, 0.3) is 0 Å². The van der Waals surface area contributed by atoms with Crippen molar-refractivity contribution in [1.29, 1.82) is 0 Å². The van der Waals surface area contributed by atoms with Crippen LogP contribution in [0.3, 0.4) is 0 Å². The lowest BCUT2D eigenvalue weighted by Crippen LogP contribution is -2.40. The smallest absolute Gasteiger partial charge is 0.254 e. The maximum atomic E-state index is 12.6. The first-order valence-corrected chi connectivity index (χ1v) is 9.09. The van der Waals surface area contributed by atoms with Gasteiger partial charge < -0.3 is 14.5 Å². The number of nitrogens with zero attached hydrogens (tertiary/aromatic N) is 2. The Balaban J connectivity index is 1.72. The number of oxime groups is 1. The molecule has 0 aromatic carbocycles. The van der Waals surface area contributed by atoms with E-state index in [0.717, 1.165) is 31.4 Å². The summed E-state index contributed by atoms with van der Waals surface area (Å²) in [6.45, 7) is 4.08. The summed E-state index contributed by atoms with van der Waals surface area (Å²) in [7, 11) is 0. The predicted molar refractivity (Wildman–Crippen MR) is 97.2 cm³/mol. The van der Waals surface area contributed by atoms with Crippen molar-refractivity contribution < 1.29 is 9.94 Å². The summed E-state index contributed by atoms with van der Waals surface area (Å²) in [6, 6.07) is 3.55. The molecule has 3 rings (SSSR count). The van der Waals surface area contributed by atoms with Gasteiger partial charge in [0.15, 0.2) is 0 Å². The van der Waals surface area contributed by atoms with Crippen molar-refractivity contribution in [1.82, 2.24) is 4.57 Å². The fourth-order valence-electron chi connectivity index (χ4n) is 3.90. The van der Waals surface area contributed by atoms with Gasteiger partial charge in [-0.05, 0) is 58.4 Å². The van der Waals surface area contributed by atoms with E-state index in [0.29, 0.717) is 36.6 Å². The fraction of sp³-hybridized carbons (Fsp3) is 0.600. The number of hydrogen-bond acceptors (Lipinski definition) is 4. The van der Waals surface area contributed by atoms with Crippen molar-refractivity contribution in [2.45, 2.75) is 64.5 Å². The number of pyridine rings is 1. The molecule has 1 fully saturated rings. The lowest BCUT2D eigenvalue weighted by atomic mass is 9.88. The van der Waals surface area contributed by atoms with Gasteiger partial charge in [-0.2, -0.15) is 0 Å². The molecule has 5 heteroatoms. The van der Waals surface area contributed by atoms with E-state index in [1.807, 2.05) is 26.0 Å². The molecule has 0 amide bonds. The van der Waals surface area contributed by atoms with Gasteiger partial charge >= 0.3 is 0 Å². The largest absolute Gasteiger partial charge is 0.411 e. The first-order valence-electron chi connectivity index (χ1n) is 9.09. The van der Waals surface area contributed by atoms with Crippen LogP contribution in [0.1, 0.15) is 56.3 Å². The van der Waals surface area contributed by atoms with E-state index in [-0.39, 0.29) is 17.7 Å². The Hall–Kier alpha value is -2.06. The van der Waals surface area contributed by atoms with Crippen LogP contribution >= 0.6 is 0 Å². The molecule has 134 valence electrons. The summed E-state index contributed by atoms with van der Waals surface area (Å²) in [6.07, 6.45) is 5.68. The Morgan fingerprint density at radius 3 is 2.72 bits per heavy atom. The Bertz CT molecular complexity index is 761. The lowest BCUT2D eigenvalue weighted by molar-refractivity contribution is 0.0129. The van der Waals surface area contributed by atoms with E-state index in [1.165, 1.54) is 0 Å². The van der Waals surface area contributed by atoms with Crippen molar-refractivity contribution >= 4 is 5.71 Å². The summed E-state index contributed by atoms with van der Waals surface area (Å²) in [5.74, 6) is 6.74. The van der Waals surface area contributed by atoms with Crippen LogP contribution in [0.15, 0.2) is 22.1 Å². The maximum absolute atomic E-state index is 12.6. The highest BCUT2D eigenvalue weighted by molar-refractivity contribution is 5.89. The molecule has 0 saturated heterocycles. The zero-order valence-electron chi connectivity index (χ0n) is 15.0. The highest BCUT2D eigenvalue weighted by atomic mass is 16.5. The van der Waals surface area contributed by atoms with Crippen LogP contribution < -0.4 is 5.56 Å². The third kappa shape index (κ3) is 3.80. The van der Waals surface area contributed by atoms with Gasteiger partial charge in [0, 0.05) is 17.2 Å². The number of hydrogen-bond donors (Lipinski definition) is 1. The minimum Gasteiger partial charge on any atom is -0.411 e. The second-order valence-corrected chi connectivity index (χ2v) is 6.99. The van der Waals surface area contributed by atoms with Crippen LogP contribution in [0.5, 0.6) is 0 Å². The zero-order valence-corrected chi connectivity index (χ0v) is 15.0. The summed E-state index contributed by atoms with van der Waals surface area (Å²) < 4.78 is 7.88. The molecular formula is C20H26N2O3. The molecule has 1 unspecified atom stereocenters. The van der Waals surface area contributed by atoms with E-state index in [9.17, 15) is 10.0 Å². The van der Waals surface area contributed by atoms with Gasteiger partial charge in [-0.1, -0.05) is 11.2 Å². The molecule has 1 aromatic rings. The second kappa shape index (κ2) is 7.88. The first-order chi connectivity index (χ1) is 12.1. The molecule has 1 aliphatic carbocycles. The van der Waals surface area contributed by atoms with Crippen LogP contribution in [0, 0.1) is 24.7 Å². The summed E-state index contributed by atoms with van der Waals surface area (Å²) in [4.78, 5) is 12.6. The first kappa shape index (κ1) is 17.8. The minimum atomic E-state index is -0.311. The van der Waals surface area contributed by atoms with Crippen molar-refractivity contribution in [2.75, 3.05) is 6.61 Å². The Labute approximate surface area is 148 Å². The van der Waals surface area contributed by atoms with Crippen LogP contribution in [-0.2, 0) is 11.2 Å². The molecule has 25 heavy (non-hydrogen) atoms. The molecule has 5 nitrogen and oxygen atoms in total. The topological polar surface area (TPSA) is 63.8 Å². The van der Waals surface area contributed by atoms with Gasteiger partial charge in [0.2, 0.25) is 0 Å². The number of aryl methyl sites for hydroxylation is 2. The van der Waals surface area contributed by atoms with E-state index >= 15 is 0 Å². The fourth-order valence-corrected chi connectivity index (χ4v) is 3.90. The molecule has 1 N–H and O–H groups in total. The van der Waals surface area contributed by atoms with Crippen molar-refractivity contribution in [3.8, 4) is 11.8 Å². The molecule has 1 atom stereocenters.